The minimum absolute atomic E-state index is 0.478. The number of ether oxygens (including phenoxy) is 1. The molecule has 0 radical (unpaired) electrons. The molecule has 0 spiro atoms. The number of aromatic nitrogens is 4. The van der Waals surface area contributed by atoms with Crippen LogP contribution in [-0.2, 0) is 4.79 Å². The van der Waals surface area contributed by atoms with Gasteiger partial charge < -0.3 is 19.8 Å². The van der Waals surface area contributed by atoms with E-state index < -0.39 is 12.1 Å². The van der Waals surface area contributed by atoms with Crippen LogP contribution >= 0.6 is 0 Å². The fourth-order valence-electron chi connectivity index (χ4n) is 10.6. The van der Waals surface area contributed by atoms with Crippen molar-refractivity contribution in [2.24, 2.45) is 0 Å². The highest BCUT2D eigenvalue weighted by atomic mass is 16.5. The Bertz CT molecular complexity index is 3190. The largest absolute Gasteiger partial charge is 0.479 e. The number of aliphatic carboxylic acids is 1. The molecule has 380 valence electrons. The molecule has 5 heterocycles. The third-order valence-corrected chi connectivity index (χ3v) is 14.8. The quantitative estimate of drug-likeness (QED) is 0.0523. The first-order valence-electron chi connectivity index (χ1n) is 27.6. The summed E-state index contributed by atoms with van der Waals surface area (Å²) in [5, 5.41) is 10.3. The Hall–Kier alpha value is -7.25. The molecular weight excluding hydrogens is 909 g/mol. The van der Waals surface area contributed by atoms with Crippen molar-refractivity contribution in [3.8, 4) is 50.3 Å². The van der Waals surface area contributed by atoms with Crippen LogP contribution < -0.4 is 4.74 Å². The number of carboxylic acids is 1. The number of hydrogen-bond acceptors (Lipinski definition) is 4. The SMILES string of the molecule is CCCCCCCCCCCCCCCCCCC(Oc1ccc(-c2c3nc(c(-c4ccc(C)cc4)c4ccc([nH]4)c(-c4ccc(C)cc4)c4nc(c(-c5ccc(C)cc5)c5ccc2[nH]5)C=C4)C=C3)cc1)C(=O)O. The lowest BCUT2D eigenvalue weighted by atomic mass is 10.0. The molecule has 9 rings (SSSR count). The number of carbonyl (C=O) groups is 1. The molecule has 7 nitrogen and oxygen atoms in total. The standard InChI is InChI=1S/C67H74N4O3/c1-5-6-7-8-9-10-11-12-13-14-15-16-17-18-19-20-21-62(67(72)73)74-53-36-34-52(35-37-53)66-60-44-42-58(70-60)64(50-30-24-47(3)25-31-50)56-40-38-54(68-56)63(49-28-22-46(2)23-29-49)55-39-41-57(69-55)65(59-43-45-61(66)71-59)51-32-26-48(4)27-33-51/h22-45,62,68,71H,5-21H2,1-4H3,(H,72,73). The van der Waals surface area contributed by atoms with Gasteiger partial charge in [0.25, 0.3) is 0 Å². The number of aromatic amines is 2. The van der Waals surface area contributed by atoms with Gasteiger partial charge in [0.05, 0.1) is 22.8 Å². The fourth-order valence-corrected chi connectivity index (χ4v) is 10.6. The number of rotatable bonds is 24. The maximum Gasteiger partial charge on any atom is 0.344 e. The molecule has 0 amide bonds. The van der Waals surface area contributed by atoms with E-state index in [9.17, 15) is 9.90 Å². The first kappa shape index (κ1) is 51.6. The van der Waals surface area contributed by atoms with Crippen molar-refractivity contribution in [2.45, 2.75) is 143 Å². The van der Waals surface area contributed by atoms with E-state index >= 15 is 0 Å². The first-order valence-corrected chi connectivity index (χ1v) is 27.6. The molecule has 2 aliphatic heterocycles. The van der Waals surface area contributed by atoms with E-state index in [0.29, 0.717) is 12.2 Å². The van der Waals surface area contributed by atoms with Crippen LogP contribution in [-0.4, -0.2) is 37.1 Å². The lowest BCUT2D eigenvalue weighted by molar-refractivity contribution is -0.145. The monoisotopic (exact) mass is 983 g/mol. The molecule has 1 unspecified atom stereocenters. The van der Waals surface area contributed by atoms with Crippen molar-refractivity contribution in [3.63, 3.8) is 0 Å². The predicted molar refractivity (Wildman–Crippen MR) is 311 cm³/mol. The van der Waals surface area contributed by atoms with E-state index in [-0.39, 0.29) is 0 Å². The molecule has 3 aromatic heterocycles. The van der Waals surface area contributed by atoms with Gasteiger partial charge in [-0.15, -0.1) is 0 Å². The minimum atomic E-state index is -0.930. The van der Waals surface area contributed by atoms with Crippen molar-refractivity contribution in [2.75, 3.05) is 0 Å². The average Bonchev–Trinajstić information content (AvgIpc) is 4.27. The number of benzene rings is 4. The number of aryl methyl sites for hydroxylation is 3. The average molecular weight is 983 g/mol. The Morgan fingerprint density at radius 3 is 1.00 bits per heavy atom. The van der Waals surface area contributed by atoms with Crippen LogP contribution in [0.3, 0.4) is 0 Å². The van der Waals surface area contributed by atoms with Gasteiger partial charge in [-0.1, -0.05) is 205 Å². The first-order chi connectivity index (χ1) is 36.2. The van der Waals surface area contributed by atoms with Crippen LogP contribution in [0.2, 0.25) is 0 Å². The van der Waals surface area contributed by atoms with Gasteiger partial charge in [0.15, 0.2) is 6.10 Å². The highest BCUT2D eigenvalue weighted by Crippen LogP contribution is 2.39. The van der Waals surface area contributed by atoms with Crippen LogP contribution in [0.1, 0.15) is 156 Å². The van der Waals surface area contributed by atoms with Crippen molar-refractivity contribution < 1.29 is 14.6 Å². The summed E-state index contributed by atoms with van der Waals surface area (Å²) in [6, 6.07) is 42.3. The van der Waals surface area contributed by atoms with Crippen LogP contribution in [0.5, 0.6) is 5.75 Å². The van der Waals surface area contributed by atoms with Crippen LogP contribution in [0, 0.1) is 20.8 Å². The molecule has 3 N–H and O–H groups in total. The van der Waals surface area contributed by atoms with E-state index in [2.05, 4.69) is 159 Å². The molecular formula is C67H74N4O3. The second kappa shape index (κ2) is 25.1. The summed E-state index contributed by atoms with van der Waals surface area (Å²) in [5.41, 5.74) is 18.6. The molecule has 0 saturated carbocycles. The topological polar surface area (TPSA) is 104 Å². The summed E-state index contributed by atoms with van der Waals surface area (Å²) in [4.78, 5) is 31.1. The van der Waals surface area contributed by atoms with Gasteiger partial charge in [-0.25, -0.2) is 14.8 Å². The summed E-state index contributed by atoms with van der Waals surface area (Å²) in [7, 11) is 0. The zero-order valence-electron chi connectivity index (χ0n) is 44.1. The Morgan fingerprint density at radius 1 is 0.419 bits per heavy atom. The number of fused-ring (bicyclic) bond motifs is 8. The van der Waals surface area contributed by atoms with E-state index in [1.165, 1.54) is 100 Å². The second-order valence-corrected chi connectivity index (χ2v) is 20.7. The third-order valence-electron chi connectivity index (χ3n) is 14.8. The molecule has 0 aliphatic carbocycles. The number of unbranched alkanes of at least 4 members (excludes halogenated alkanes) is 15. The number of carboxylic acid groups (broad SMARTS) is 1. The minimum Gasteiger partial charge on any atom is -0.479 e. The van der Waals surface area contributed by atoms with Gasteiger partial charge in [0.1, 0.15) is 5.75 Å². The molecule has 0 saturated heterocycles. The van der Waals surface area contributed by atoms with Gasteiger partial charge in [-0.3, -0.25) is 0 Å². The molecule has 2 aliphatic rings. The van der Waals surface area contributed by atoms with E-state index in [1.807, 2.05) is 24.3 Å². The molecule has 74 heavy (non-hydrogen) atoms. The van der Waals surface area contributed by atoms with Crippen molar-refractivity contribution in [1.29, 1.82) is 0 Å². The summed E-state index contributed by atoms with van der Waals surface area (Å²) in [6.45, 7) is 8.61. The van der Waals surface area contributed by atoms with Crippen molar-refractivity contribution in [3.05, 3.63) is 161 Å². The van der Waals surface area contributed by atoms with Gasteiger partial charge in [0, 0.05) is 44.3 Å². The summed E-state index contributed by atoms with van der Waals surface area (Å²) in [6.07, 6.45) is 28.5. The molecule has 7 heteroatoms. The normalized spacial score (nSPS) is 12.4. The third kappa shape index (κ3) is 12.9. The zero-order valence-corrected chi connectivity index (χ0v) is 44.1. The highest BCUT2D eigenvalue weighted by molar-refractivity contribution is 6.00. The molecule has 4 aromatic carbocycles. The Balaban J connectivity index is 1.02. The number of nitrogens with zero attached hydrogens (tertiary/aromatic N) is 2. The number of nitrogens with one attached hydrogen (secondary N) is 2. The number of H-pyrrole nitrogens is 2. The summed E-state index contributed by atoms with van der Waals surface area (Å²) in [5.74, 6) is -0.400. The van der Waals surface area contributed by atoms with E-state index in [1.54, 1.807) is 0 Å². The Morgan fingerprint density at radius 2 is 0.703 bits per heavy atom. The van der Waals surface area contributed by atoms with Gasteiger partial charge in [-0.2, -0.15) is 0 Å². The maximum absolute atomic E-state index is 12.5. The van der Waals surface area contributed by atoms with E-state index in [4.69, 9.17) is 14.7 Å². The van der Waals surface area contributed by atoms with Crippen molar-refractivity contribution >= 4 is 52.3 Å². The number of hydrogen-bond donors (Lipinski definition) is 3. The maximum atomic E-state index is 12.5. The smallest absolute Gasteiger partial charge is 0.344 e. The van der Waals surface area contributed by atoms with Gasteiger partial charge >= 0.3 is 5.97 Å². The molecule has 8 bridgehead atoms. The van der Waals surface area contributed by atoms with Gasteiger partial charge in [0.2, 0.25) is 0 Å². The highest BCUT2D eigenvalue weighted by Gasteiger charge is 2.21. The lowest BCUT2D eigenvalue weighted by Gasteiger charge is -2.15. The fraction of sp³-hybridized carbons (Fsp3) is 0.328. The Labute approximate surface area is 438 Å². The predicted octanol–water partition coefficient (Wildman–Crippen LogP) is 18.7. The molecule has 7 aromatic rings. The summed E-state index contributed by atoms with van der Waals surface area (Å²) >= 11 is 0. The molecule has 0 fully saturated rings. The zero-order chi connectivity index (χ0) is 51.2. The van der Waals surface area contributed by atoms with E-state index in [0.717, 1.165) is 109 Å². The van der Waals surface area contributed by atoms with Crippen LogP contribution in [0.4, 0.5) is 0 Å². The van der Waals surface area contributed by atoms with Crippen LogP contribution in [0.15, 0.2) is 121 Å². The van der Waals surface area contributed by atoms with Crippen molar-refractivity contribution in [1.82, 2.24) is 19.9 Å². The van der Waals surface area contributed by atoms with Gasteiger partial charge in [-0.05, 0) is 117 Å². The summed E-state index contributed by atoms with van der Waals surface area (Å²) < 4.78 is 6.22. The molecule has 1 atom stereocenters. The van der Waals surface area contributed by atoms with Crippen LogP contribution in [0.25, 0.3) is 90.9 Å². The Kier molecular flexibility index (Phi) is 17.5. The lowest BCUT2D eigenvalue weighted by Crippen LogP contribution is -2.26. The second-order valence-electron chi connectivity index (χ2n) is 20.7.